The number of hydrogen-bond donors (Lipinski definition) is 3. The van der Waals surface area contributed by atoms with Gasteiger partial charge in [0, 0.05) is 16.9 Å². The molecule has 28 heavy (non-hydrogen) atoms. The van der Waals surface area contributed by atoms with Gasteiger partial charge in [0.25, 0.3) is 5.91 Å². The second-order valence-corrected chi connectivity index (χ2v) is 6.59. The lowest BCUT2D eigenvalue weighted by Crippen LogP contribution is -2.20. The Hall–Kier alpha value is -3.38. The predicted octanol–water partition coefficient (Wildman–Crippen LogP) is 5.06. The normalized spacial score (nSPS) is 10.1. The number of aryl methyl sites for hydroxylation is 1. The minimum Gasteiger partial charge on any atom is -0.495 e. The number of thiocarbonyl (C=S) groups is 1. The van der Waals surface area contributed by atoms with Gasteiger partial charge in [-0.05, 0) is 61.6 Å². The molecule has 3 aromatic rings. The van der Waals surface area contributed by atoms with Gasteiger partial charge < -0.3 is 20.7 Å². The molecule has 142 valence electrons. The van der Waals surface area contributed by atoms with Crippen LogP contribution in [0.25, 0.3) is 0 Å². The van der Waals surface area contributed by atoms with Gasteiger partial charge in [-0.2, -0.15) is 0 Å². The van der Waals surface area contributed by atoms with Crippen LogP contribution in [-0.4, -0.2) is 18.1 Å². The van der Waals surface area contributed by atoms with Gasteiger partial charge in [-0.3, -0.25) is 4.79 Å². The molecule has 0 atom stereocenters. The fourth-order valence-corrected chi connectivity index (χ4v) is 2.82. The van der Waals surface area contributed by atoms with Crippen LogP contribution in [0.3, 0.4) is 0 Å². The number of carbonyl (C=O) groups excluding carboxylic acids is 1. The van der Waals surface area contributed by atoms with E-state index in [1.807, 2.05) is 61.5 Å². The first-order valence-electron chi connectivity index (χ1n) is 8.74. The van der Waals surface area contributed by atoms with Crippen LogP contribution in [0, 0.1) is 6.92 Å². The van der Waals surface area contributed by atoms with E-state index in [1.54, 1.807) is 25.3 Å². The molecule has 0 unspecified atom stereocenters. The fraction of sp³-hybridized carbons (Fsp3) is 0.0909. The molecule has 0 fully saturated rings. The number of hydrogen-bond acceptors (Lipinski definition) is 3. The Morgan fingerprint density at radius 3 is 2.21 bits per heavy atom. The summed E-state index contributed by atoms with van der Waals surface area (Å²) in [4.78, 5) is 12.5. The molecular formula is C22H21N3O2S. The number of rotatable bonds is 5. The van der Waals surface area contributed by atoms with Crippen molar-refractivity contribution in [1.82, 2.24) is 0 Å². The zero-order valence-electron chi connectivity index (χ0n) is 15.7. The third-order valence-electron chi connectivity index (χ3n) is 4.05. The quantitative estimate of drug-likeness (QED) is 0.530. The Labute approximate surface area is 169 Å². The average molecular weight is 391 g/mol. The van der Waals surface area contributed by atoms with Gasteiger partial charge in [-0.15, -0.1) is 0 Å². The summed E-state index contributed by atoms with van der Waals surface area (Å²) in [7, 11) is 1.57. The smallest absolute Gasteiger partial charge is 0.255 e. The third-order valence-corrected chi connectivity index (χ3v) is 4.26. The van der Waals surface area contributed by atoms with Crippen molar-refractivity contribution in [1.29, 1.82) is 0 Å². The van der Waals surface area contributed by atoms with Crippen molar-refractivity contribution in [2.24, 2.45) is 0 Å². The van der Waals surface area contributed by atoms with E-state index in [9.17, 15) is 4.79 Å². The van der Waals surface area contributed by atoms with E-state index in [-0.39, 0.29) is 5.91 Å². The highest BCUT2D eigenvalue weighted by Crippen LogP contribution is 2.26. The van der Waals surface area contributed by atoms with Crippen molar-refractivity contribution in [2.75, 3.05) is 23.1 Å². The monoisotopic (exact) mass is 391 g/mol. The van der Waals surface area contributed by atoms with E-state index >= 15 is 0 Å². The van der Waals surface area contributed by atoms with Crippen molar-refractivity contribution in [3.63, 3.8) is 0 Å². The van der Waals surface area contributed by atoms with Crippen LogP contribution < -0.4 is 20.7 Å². The lowest BCUT2D eigenvalue weighted by molar-refractivity contribution is 0.102. The van der Waals surface area contributed by atoms with Crippen LogP contribution in [-0.2, 0) is 0 Å². The minimum absolute atomic E-state index is 0.214. The Kier molecular flexibility index (Phi) is 6.24. The number of anilines is 3. The molecule has 0 aromatic heterocycles. The summed E-state index contributed by atoms with van der Waals surface area (Å²) in [6.45, 7) is 2.03. The molecule has 1 amide bonds. The number of methoxy groups -OCH3 is 1. The van der Waals surface area contributed by atoms with Crippen LogP contribution in [0.1, 0.15) is 15.9 Å². The Bertz CT molecular complexity index is 973. The molecule has 6 heteroatoms. The van der Waals surface area contributed by atoms with Gasteiger partial charge >= 0.3 is 0 Å². The average Bonchev–Trinajstić information content (AvgIpc) is 2.70. The van der Waals surface area contributed by atoms with E-state index in [0.717, 1.165) is 11.4 Å². The maximum absolute atomic E-state index is 12.5. The molecule has 0 saturated carbocycles. The standard InChI is InChI=1S/C22H21N3O2S/c1-15-8-11-18(12-9-15)24-22(28)25-19-14-16(10-13-20(19)27-2)21(26)23-17-6-4-3-5-7-17/h3-14H,1-2H3,(H,23,26)(H2,24,25,28). The molecular weight excluding hydrogens is 370 g/mol. The first kappa shape index (κ1) is 19.4. The third kappa shape index (κ3) is 5.08. The molecule has 0 radical (unpaired) electrons. The Morgan fingerprint density at radius 1 is 0.857 bits per heavy atom. The van der Waals surface area contributed by atoms with E-state index < -0.39 is 0 Å². The maximum atomic E-state index is 12.5. The summed E-state index contributed by atoms with van der Waals surface area (Å²) in [6.07, 6.45) is 0. The minimum atomic E-state index is -0.214. The van der Waals surface area contributed by atoms with Crippen LogP contribution in [0.5, 0.6) is 5.75 Å². The number of nitrogens with one attached hydrogen (secondary N) is 3. The first-order chi connectivity index (χ1) is 13.5. The number of carbonyl (C=O) groups is 1. The van der Waals surface area contributed by atoms with Crippen molar-refractivity contribution in [3.05, 3.63) is 83.9 Å². The van der Waals surface area contributed by atoms with E-state index in [1.165, 1.54) is 5.56 Å². The molecule has 0 heterocycles. The van der Waals surface area contributed by atoms with Crippen LogP contribution in [0.4, 0.5) is 17.1 Å². The predicted molar refractivity (Wildman–Crippen MR) is 118 cm³/mol. The first-order valence-corrected chi connectivity index (χ1v) is 9.15. The maximum Gasteiger partial charge on any atom is 0.255 e. The second-order valence-electron chi connectivity index (χ2n) is 6.18. The highest BCUT2D eigenvalue weighted by atomic mass is 32.1. The highest BCUT2D eigenvalue weighted by molar-refractivity contribution is 7.80. The highest BCUT2D eigenvalue weighted by Gasteiger charge is 2.12. The van der Waals surface area contributed by atoms with Gasteiger partial charge in [0.2, 0.25) is 0 Å². The van der Waals surface area contributed by atoms with Gasteiger partial charge in [-0.1, -0.05) is 35.9 Å². The molecule has 0 saturated heterocycles. The second kappa shape index (κ2) is 9.01. The van der Waals surface area contributed by atoms with E-state index in [4.69, 9.17) is 17.0 Å². The van der Waals surface area contributed by atoms with Crippen LogP contribution in [0.15, 0.2) is 72.8 Å². The molecule has 0 aliphatic rings. The number of ether oxygens (including phenoxy) is 1. The van der Waals surface area contributed by atoms with Crippen LogP contribution >= 0.6 is 12.2 Å². The van der Waals surface area contributed by atoms with E-state index in [2.05, 4.69) is 16.0 Å². The van der Waals surface area contributed by atoms with Crippen LogP contribution in [0.2, 0.25) is 0 Å². The topological polar surface area (TPSA) is 62.4 Å². The van der Waals surface area contributed by atoms with Gasteiger partial charge in [-0.25, -0.2) is 0 Å². The lowest BCUT2D eigenvalue weighted by atomic mass is 10.1. The largest absolute Gasteiger partial charge is 0.495 e. The van der Waals surface area contributed by atoms with Gasteiger partial charge in [0.05, 0.1) is 12.8 Å². The molecule has 0 spiro atoms. The summed E-state index contributed by atoms with van der Waals surface area (Å²) < 4.78 is 5.38. The summed E-state index contributed by atoms with van der Waals surface area (Å²) in [5.74, 6) is 0.374. The molecule has 0 aliphatic carbocycles. The van der Waals surface area contributed by atoms with Crippen molar-refractivity contribution in [2.45, 2.75) is 6.92 Å². The summed E-state index contributed by atoms with van der Waals surface area (Å²) in [5, 5.41) is 9.49. The molecule has 3 aromatic carbocycles. The number of amides is 1. The molecule has 3 rings (SSSR count). The zero-order chi connectivity index (χ0) is 19.9. The molecule has 0 bridgehead atoms. The van der Waals surface area contributed by atoms with Gasteiger partial charge in [0.15, 0.2) is 5.11 Å². The van der Waals surface area contributed by atoms with Crippen molar-refractivity contribution >= 4 is 40.3 Å². The molecule has 3 N–H and O–H groups in total. The van der Waals surface area contributed by atoms with Gasteiger partial charge in [0.1, 0.15) is 5.75 Å². The summed E-state index contributed by atoms with van der Waals surface area (Å²) in [6, 6.07) is 22.3. The Balaban J connectivity index is 1.74. The fourth-order valence-electron chi connectivity index (χ4n) is 2.59. The zero-order valence-corrected chi connectivity index (χ0v) is 16.5. The summed E-state index contributed by atoms with van der Waals surface area (Å²) in [5.41, 5.74) is 3.87. The van der Waals surface area contributed by atoms with Crippen molar-refractivity contribution in [3.8, 4) is 5.75 Å². The number of benzene rings is 3. The summed E-state index contributed by atoms with van der Waals surface area (Å²) >= 11 is 5.39. The molecule has 5 nitrogen and oxygen atoms in total. The molecule has 0 aliphatic heterocycles. The SMILES string of the molecule is COc1ccc(C(=O)Nc2ccccc2)cc1NC(=S)Nc1ccc(C)cc1. The Morgan fingerprint density at radius 2 is 1.54 bits per heavy atom. The van der Waals surface area contributed by atoms with Crippen molar-refractivity contribution < 1.29 is 9.53 Å². The lowest BCUT2D eigenvalue weighted by Gasteiger charge is -2.15. The number of para-hydroxylation sites is 1. The van der Waals surface area contributed by atoms with E-state index in [0.29, 0.717) is 22.1 Å².